The molecule has 0 saturated carbocycles. The molecule has 0 amide bonds. The van der Waals surface area contributed by atoms with E-state index in [0.717, 1.165) is 66.8 Å². The van der Waals surface area contributed by atoms with E-state index in [1.165, 1.54) is 0 Å². The summed E-state index contributed by atoms with van der Waals surface area (Å²) < 4.78 is 13.7. The van der Waals surface area contributed by atoms with Crippen LogP contribution in [0.4, 0.5) is 0 Å². The lowest BCUT2D eigenvalue weighted by Gasteiger charge is -2.28. The second-order valence-corrected chi connectivity index (χ2v) is 23.1. The Labute approximate surface area is 416 Å². The largest absolute Gasteiger partial charge is 0.507 e. The summed E-state index contributed by atoms with van der Waals surface area (Å²) in [6.45, 7) is 27.7. The lowest BCUT2D eigenvalue weighted by Crippen LogP contribution is -2.17. The summed E-state index contributed by atoms with van der Waals surface area (Å²) in [5.74, 6) is 2.23. The Morgan fingerprint density at radius 1 is 0.400 bits per heavy atom. The van der Waals surface area contributed by atoms with Gasteiger partial charge in [-0.1, -0.05) is 156 Å². The van der Waals surface area contributed by atoms with Crippen molar-refractivity contribution in [2.24, 2.45) is 9.98 Å². The predicted molar refractivity (Wildman–Crippen MR) is 287 cm³/mol. The van der Waals surface area contributed by atoms with E-state index >= 15 is 0 Å². The number of para-hydroxylation sites is 2. The number of aliphatic imine (C=N–C) groups is 2. The normalized spacial score (nSPS) is 13.5. The number of rotatable bonds is 10. The molecule has 6 aromatic carbocycles. The first-order chi connectivity index (χ1) is 32.9. The molecular formula is C62H74N2O6. The molecule has 0 atom stereocenters. The number of phenols is 4. The minimum Gasteiger partial charge on any atom is -0.507 e. The number of ether oxygens (including phenoxy) is 2. The van der Waals surface area contributed by atoms with Gasteiger partial charge in [0.25, 0.3) is 0 Å². The molecule has 0 radical (unpaired) electrons. The van der Waals surface area contributed by atoms with Crippen LogP contribution in [0.25, 0.3) is 0 Å². The van der Waals surface area contributed by atoms with E-state index in [0.29, 0.717) is 61.4 Å². The standard InChI is InChI=1S/C62H74N2O6/c1-59(2,3)49-29-41-25-45-33-51(61(7,8)9)35-47(57(45)69-23-21-63-37-39-17-13-15-19-53(39)65)27-43-31-50(60(4,5)6)32-44(56(43)68)28-48-36-52(62(10,11)12)34-46(26-42(30-49)55(41)67)58(48)70-24-22-64-38-40-18-14-16-20-54(40)66/h13-20,29-38,65-68H,21-28H2,1-12H3. The summed E-state index contributed by atoms with van der Waals surface area (Å²) >= 11 is 0. The minimum atomic E-state index is -0.241. The zero-order chi connectivity index (χ0) is 50.8. The predicted octanol–water partition coefficient (Wildman–Crippen LogP) is 13.4. The molecule has 0 spiro atoms. The van der Waals surface area contributed by atoms with Gasteiger partial charge in [-0.25, -0.2) is 0 Å². The van der Waals surface area contributed by atoms with Crippen molar-refractivity contribution in [3.05, 3.63) is 175 Å². The van der Waals surface area contributed by atoms with E-state index in [4.69, 9.17) is 9.47 Å². The molecule has 0 aromatic heterocycles. The first-order valence-corrected chi connectivity index (χ1v) is 24.7. The molecule has 368 valence electrons. The molecule has 1 aliphatic carbocycles. The Morgan fingerprint density at radius 2 is 0.657 bits per heavy atom. The number of aromatic hydroxyl groups is 4. The summed E-state index contributed by atoms with van der Waals surface area (Å²) in [6.07, 6.45) is 4.90. The number of hydrogen-bond donors (Lipinski definition) is 4. The first kappa shape index (κ1) is 51.3. The Balaban J connectivity index is 1.45. The number of nitrogens with zero attached hydrogens (tertiary/aromatic N) is 2. The third-order valence-corrected chi connectivity index (χ3v) is 13.3. The minimum absolute atomic E-state index is 0.167. The van der Waals surface area contributed by atoms with Gasteiger partial charge in [0.05, 0.1) is 13.1 Å². The van der Waals surface area contributed by atoms with Crippen molar-refractivity contribution in [3.63, 3.8) is 0 Å². The third-order valence-electron chi connectivity index (χ3n) is 13.3. The Kier molecular flexibility index (Phi) is 15.0. The molecule has 0 heterocycles. The Bertz CT molecular complexity index is 2620. The number of hydrogen-bond acceptors (Lipinski definition) is 8. The van der Waals surface area contributed by atoms with E-state index in [2.05, 4.69) is 142 Å². The summed E-state index contributed by atoms with van der Waals surface area (Å²) in [7, 11) is 0. The lowest BCUT2D eigenvalue weighted by atomic mass is 9.79. The Morgan fingerprint density at radius 3 is 0.914 bits per heavy atom. The molecule has 7 rings (SSSR count). The van der Waals surface area contributed by atoms with Crippen LogP contribution in [0.5, 0.6) is 34.5 Å². The van der Waals surface area contributed by atoms with Crippen molar-refractivity contribution < 1.29 is 29.9 Å². The maximum absolute atomic E-state index is 12.7. The van der Waals surface area contributed by atoms with E-state index in [1.807, 2.05) is 24.3 Å². The van der Waals surface area contributed by atoms with Crippen LogP contribution in [0, 0.1) is 0 Å². The zero-order valence-electron chi connectivity index (χ0n) is 43.5. The van der Waals surface area contributed by atoms with E-state index in [1.54, 1.807) is 36.7 Å². The second-order valence-electron chi connectivity index (χ2n) is 23.1. The van der Waals surface area contributed by atoms with E-state index in [9.17, 15) is 20.4 Å². The molecule has 8 bridgehead atoms. The molecule has 8 nitrogen and oxygen atoms in total. The van der Waals surface area contributed by atoms with Crippen molar-refractivity contribution in [2.75, 3.05) is 26.3 Å². The molecule has 0 saturated heterocycles. The van der Waals surface area contributed by atoms with Crippen LogP contribution in [-0.4, -0.2) is 59.2 Å². The number of phenolic OH excluding ortho intramolecular Hbond substituents is 4. The van der Waals surface area contributed by atoms with Crippen molar-refractivity contribution in [2.45, 2.75) is 130 Å². The molecule has 0 unspecified atom stereocenters. The van der Waals surface area contributed by atoms with Gasteiger partial charge in [-0.15, -0.1) is 0 Å². The molecule has 0 aliphatic heterocycles. The highest BCUT2D eigenvalue weighted by molar-refractivity contribution is 5.83. The van der Waals surface area contributed by atoms with Gasteiger partial charge in [0.15, 0.2) is 0 Å². The second kappa shape index (κ2) is 20.4. The SMILES string of the molecule is CC(C)(C)c1cc2c(O)c(c1)Cc1cc(C(C)(C)C)cc(c1OCCN=Cc1ccccc1O)Cc1cc(C(C)(C)C)cc(c1O)Cc1cc(C(C)(C)C)cc(c1OCCN=Cc1ccccc1O)C2. The van der Waals surface area contributed by atoms with Crippen molar-refractivity contribution in [3.8, 4) is 34.5 Å². The molecule has 6 aromatic rings. The number of fused-ring (bicyclic) bond motifs is 8. The molecule has 1 aliphatic rings. The maximum atomic E-state index is 12.7. The van der Waals surface area contributed by atoms with Gasteiger partial charge in [-0.05, 0) is 113 Å². The van der Waals surface area contributed by atoms with E-state index < -0.39 is 0 Å². The van der Waals surface area contributed by atoms with Crippen molar-refractivity contribution in [1.82, 2.24) is 0 Å². The molecule has 0 fully saturated rings. The third kappa shape index (κ3) is 12.2. The average molecular weight is 943 g/mol. The monoisotopic (exact) mass is 943 g/mol. The molecule has 4 N–H and O–H groups in total. The summed E-state index contributed by atoms with van der Waals surface area (Å²) in [5, 5.41) is 46.1. The molecule has 70 heavy (non-hydrogen) atoms. The summed E-state index contributed by atoms with van der Waals surface area (Å²) in [6, 6.07) is 31.7. The fourth-order valence-corrected chi connectivity index (χ4v) is 8.94. The number of benzene rings is 6. The van der Waals surface area contributed by atoms with Crippen LogP contribution in [0.3, 0.4) is 0 Å². The van der Waals surface area contributed by atoms with Crippen molar-refractivity contribution >= 4 is 12.4 Å². The quantitative estimate of drug-likeness (QED) is 0.0800. The topological polar surface area (TPSA) is 124 Å². The Hall–Kier alpha value is -6.54. The van der Waals surface area contributed by atoms with Crippen molar-refractivity contribution in [1.29, 1.82) is 0 Å². The van der Waals surface area contributed by atoms with Crippen LogP contribution in [0.1, 0.15) is 161 Å². The van der Waals surface area contributed by atoms with Gasteiger partial charge in [-0.2, -0.15) is 0 Å². The average Bonchev–Trinajstić information content (AvgIpc) is 3.26. The van der Waals surface area contributed by atoms with Crippen LogP contribution in [-0.2, 0) is 47.3 Å². The zero-order valence-corrected chi connectivity index (χ0v) is 43.5. The molecule has 8 heteroatoms. The van der Waals surface area contributed by atoms with Gasteiger partial charge in [-0.3, -0.25) is 9.98 Å². The van der Waals surface area contributed by atoms with Crippen LogP contribution < -0.4 is 9.47 Å². The van der Waals surface area contributed by atoms with E-state index in [-0.39, 0.29) is 57.9 Å². The highest BCUT2D eigenvalue weighted by Crippen LogP contribution is 2.44. The fourth-order valence-electron chi connectivity index (χ4n) is 8.94. The maximum Gasteiger partial charge on any atom is 0.126 e. The van der Waals surface area contributed by atoms with Crippen LogP contribution in [0.15, 0.2) is 107 Å². The lowest BCUT2D eigenvalue weighted by molar-refractivity contribution is 0.322. The van der Waals surface area contributed by atoms with Gasteiger partial charge >= 0.3 is 0 Å². The smallest absolute Gasteiger partial charge is 0.126 e. The highest BCUT2D eigenvalue weighted by Gasteiger charge is 2.28. The van der Waals surface area contributed by atoms with Crippen LogP contribution in [0.2, 0.25) is 0 Å². The summed E-state index contributed by atoms with van der Waals surface area (Å²) in [4.78, 5) is 9.27. The highest BCUT2D eigenvalue weighted by atomic mass is 16.5. The first-order valence-electron chi connectivity index (χ1n) is 24.7. The molecular weight excluding hydrogens is 869 g/mol. The summed E-state index contributed by atoms with van der Waals surface area (Å²) in [5.41, 5.74) is 11.7. The van der Waals surface area contributed by atoms with Gasteiger partial charge < -0.3 is 29.9 Å². The fraction of sp³-hybridized carbons (Fsp3) is 0.387. The van der Waals surface area contributed by atoms with Gasteiger partial charge in [0, 0.05) is 49.2 Å². The van der Waals surface area contributed by atoms with Gasteiger partial charge in [0.1, 0.15) is 47.7 Å². The van der Waals surface area contributed by atoms with Gasteiger partial charge in [0.2, 0.25) is 0 Å². The van der Waals surface area contributed by atoms with Crippen LogP contribution >= 0.6 is 0 Å².